The first-order valence-corrected chi connectivity index (χ1v) is 9.47. The van der Waals surface area contributed by atoms with Crippen LogP contribution in [0.3, 0.4) is 0 Å². The first-order chi connectivity index (χ1) is 12.3. The highest BCUT2D eigenvalue weighted by Crippen LogP contribution is 2.47. The average molecular weight is 377 g/mol. The van der Waals surface area contributed by atoms with Crippen LogP contribution >= 0.6 is 11.8 Å². The molecule has 2 saturated heterocycles. The molecular weight excluding hydrogens is 354 g/mol. The van der Waals surface area contributed by atoms with Crippen molar-refractivity contribution in [2.75, 3.05) is 31.8 Å². The quantitative estimate of drug-likeness (QED) is 0.842. The van der Waals surface area contributed by atoms with Gasteiger partial charge < -0.3 is 19.9 Å². The van der Waals surface area contributed by atoms with E-state index in [-0.39, 0.29) is 29.1 Å². The molecule has 1 N–H and O–H groups in total. The zero-order valence-electron chi connectivity index (χ0n) is 15.2. The lowest BCUT2D eigenvalue weighted by Crippen LogP contribution is -2.51. The molecule has 2 heterocycles. The van der Waals surface area contributed by atoms with Gasteiger partial charge in [0.25, 0.3) is 0 Å². The number of methoxy groups -OCH3 is 1. The Morgan fingerprint density at radius 1 is 1.38 bits per heavy atom. The van der Waals surface area contributed by atoms with Crippen molar-refractivity contribution in [1.29, 1.82) is 0 Å². The molecule has 3 rings (SSSR count). The highest BCUT2D eigenvalue weighted by atomic mass is 32.2. The van der Waals surface area contributed by atoms with Crippen molar-refractivity contribution in [2.24, 2.45) is 0 Å². The van der Waals surface area contributed by atoms with E-state index in [0.29, 0.717) is 23.6 Å². The van der Waals surface area contributed by atoms with Gasteiger partial charge in [0.1, 0.15) is 11.8 Å². The molecule has 2 fully saturated rings. The predicted molar refractivity (Wildman–Crippen MR) is 100.0 cm³/mol. The third-order valence-corrected chi connectivity index (χ3v) is 6.37. The van der Waals surface area contributed by atoms with Crippen LogP contribution in [0.15, 0.2) is 24.3 Å². The Morgan fingerprint density at radius 2 is 2.08 bits per heavy atom. The van der Waals surface area contributed by atoms with Gasteiger partial charge in [0.05, 0.1) is 18.5 Å². The summed E-state index contributed by atoms with van der Waals surface area (Å²) in [6.45, 7) is 1.94. The van der Waals surface area contributed by atoms with E-state index in [1.807, 2.05) is 6.92 Å². The number of ether oxygens (including phenoxy) is 1. The highest BCUT2D eigenvalue weighted by molar-refractivity contribution is 8.01. The number of amides is 3. The van der Waals surface area contributed by atoms with E-state index in [9.17, 15) is 14.4 Å². The minimum Gasteiger partial charge on any atom is -0.497 e. The maximum absolute atomic E-state index is 12.8. The van der Waals surface area contributed by atoms with Crippen LogP contribution in [0.2, 0.25) is 0 Å². The van der Waals surface area contributed by atoms with Crippen LogP contribution in [0.4, 0.5) is 5.69 Å². The van der Waals surface area contributed by atoms with Gasteiger partial charge in [0.2, 0.25) is 17.7 Å². The number of nitrogens with one attached hydrogen (secondary N) is 1. The molecule has 0 bridgehead atoms. The number of benzene rings is 1. The molecule has 0 aliphatic carbocycles. The van der Waals surface area contributed by atoms with Gasteiger partial charge in [-0.25, -0.2) is 0 Å². The van der Waals surface area contributed by atoms with Gasteiger partial charge in [0.15, 0.2) is 0 Å². The Hall–Kier alpha value is -2.22. The van der Waals surface area contributed by atoms with Gasteiger partial charge in [-0.15, -0.1) is 11.8 Å². The minimum absolute atomic E-state index is 0.0203. The third kappa shape index (κ3) is 3.51. The summed E-state index contributed by atoms with van der Waals surface area (Å²) in [5.74, 6) is 0.818. The molecular formula is C18H23N3O4S. The summed E-state index contributed by atoms with van der Waals surface area (Å²) >= 11 is 1.64. The van der Waals surface area contributed by atoms with Crippen LogP contribution < -0.4 is 10.1 Å². The van der Waals surface area contributed by atoms with Crippen LogP contribution in [0.1, 0.15) is 19.8 Å². The standard InChI is InChI=1S/C18H23N3O4S/c1-18-9-8-16(23)21(18)14(11-26-18)17(24)20(2)10-15(22)19-12-4-6-13(25-3)7-5-12/h4-7,14H,8-11H2,1-3H3,(H,19,22)/t14-,18-/m1/s1. The van der Waals surface area contributed by atoms with E-state index in [0.717, 1.165) is 6.42 Å². The molecule has 3 amide bonds. The van der Waals surface area contributed by atoms with E-state index < -0.39 is 6.04 Å². The average Bonchev–Trinajstić information content (AvgIpc) is 3.11. The topological polar surface area (TPSA) is 79.0 Å². The van der Waals surface area contributed by atoms with E-state index in [2.05, 4.69) is 5.32 Å². The number of likely N-dealkylation sites (N-methyl/N-ethyl adjacent to an activating group) is 1. The number of fused-ring (bicyclic) bond motifs is 1. The van der Waals surface area contributed by atoms with Crippen molar-refractivity contribution in [3.63, 3.8) is 0 Å². The number of carbonyl (C=O) groups is 3. The van der Waals surface area contributed by atoms with E-state index in [1.54, 1.807) is 55.1 Å². The van der Waals surface area contributed by atoms with Crippen molar-refractivity contribution in [3.05, 3.63) is 24.3 Å². The van der Waals surface area contributed by atoms with Gasteiger partial charge in [-0.3, -0.25) is 14.4 Å². The van der Waals surface area contributed by atoms with Gasteiger partial charge >= 0.3 is 0 Å². The van der Waals surface area contributed by atoms with Crippen LogP contribution in [0, 0.1) is 0 Å². The zero-order valence-corrected chi connectivity index (χ0v) is 16.0. The highest BCUT2D eigenvalue weighted by Gasteiger charge is 2.53. The van der Waals surface area contributed by atoms with Crippen LogP contribution in [-0.2, 0) is 14.4 Å². The van der Waals surface area contributed by atoms with Crippen LogP contribution in [0.5, 0.6) is 5.75 Å². The molecule has 7 nitrogen and oxygen atoms in total. The number of anilines is 1. The molecule has 1 aromatic carbocycles. The fraction of sp³-hybridized carbons (Fsp3) is 0.500. The molecule has 0 radical (unpaired) electrons. The molecule has 0 saturated carbocycles. The number of nitrogens with zero attached hydrogens (tertiary/aromatic N) is 2. The molecule has 1 aromatic rings. The number of thioether (sulfide) groups is 1. The fourth-order valence-electron chi connectivity index (χ4n) is 3.43. The van der Waals surface area contributed by atoms with E-state index >= 15 is 0 Å². The monoisotopic (exact) mass is 377 g/mol. The predicted octanol–water partition coefficient (Wildman–Crippen LogP) is 1.55. The lowest BCUT2D eigenvalue weighted by Gasteiger charge is -2.31. The lowest BCUT2D eigenvalue weighted by molar-refractivity contribution is -0.143. The van der Waals surface area contributed by atoms with Crippen molar-refractivity contribution in [1.82, 2.24) is 9.80 Å². The van der Waals surface area contributed by atoms with E-state index in [4.69, 9.17) is 4.74 Å². The second kappa shape index (κ2) is 7.19. The number of hydrogen-bond donors (Lipinski definition) is 1. The smallest absolute Gasteiger partial charge is 0.246 e. The first kappa shape index (κ1) is 18.6. The summed E-state index contributed by atoms with van der Waals surface area (Å²) in [5.41, 5.74) is 0.635. The Bertz CT molecular complexity index is 724. The van der Waals surface area contributed by atoms with Crippen molar-refractivity contribution in [3.8, 4) is 5.75 Å². The molecule has 0 unspecified atom stereocenters. The number of hydrogen-bond acceptors (Lipinski definition) is 5. The Kier molecular flexibility index (Phi) is 5.13. The fourth-order valence-corrected chi connectivity index (χ4v) is 4.85. The maximum Gasteiger partial charge on any atom is 0.246 e. The third-order valence-electron chi connectivity index (χ3n) is 4.86. The Morgan fingerprint density at radius 3 is 2.73 bits per heavy atom. The summed E-state index contributed by atoms with van der Waals surface area (Å²) in [6, 6.07) is 6.49. The molecule has 26 heavy (non-hydrogen) atoms. The van der Waals surface area contributed by atoms with E-state index in [1.165, 1.54) is 4.90 Å². The summed E-state index contributed by atoms with van der Waals surface area (Å²) in [6.07, 6.45) is 1.25. The van der Waals surface area contributed by atoms with Gasteiger partial charge in [-0.1, -0.05) is 0 Å². The molecule has 2 atom stereocenters. The van der Waals surface area contributed by atoms with Gasteiger partial charge in [-0.05, 0) is 37.6 Å². The molecule has 0 aromatic heterocycles. The minimum atomic E-state index is -0.487. The van der Waals surface area contributed by atoms with Crippen LogP contribution in [0.25, 0.3) is 0 Å². The summed E-state index contributed by atoms with van der Waals surface area (Å²) < 4.78 is 5.08. The molecule has 8 heteroatoms. The van der Waals surface area contributed by atoms with Crippen LogP contribution in [-0.4, -0.2) is 64.9 Å². The number of carbonyl (C=O) groups excluding carboxylic acids is 3. The summed E-state index contributed by atoms with van der Waals surface area (Å²) in [7, 11) is 3.17. The Labute approximate surface area is 157 Å². The molecule has 140 valence electrons. The molecule has 0 spiro atoms. The van der Waals surface area contributed by atoms with Gasteiger partial charge in [0, 0.05) is 24.9 Å². The zero-order chi connectivity index (χ0) is 18.9. The van der Waals surface area contributed by atoms with Gasteiger partial charge in [-0.2, -0.15) is 0 Å². The largest absolute Gasteiger partial charge is 0.497 e. The first-order valence-electron chi connectivity index (χ1n) is 8.49. The van der Waals surface area contributed by atoms with Crippen molar-refractivity contribution < 1.29 is 19.1 Å². The Balaban J connectivity index is 1.58. The van der Waals surface area contributed by atoms with Crippen molar-refractivity contribution in [2.45, 2.75) is 30.7 Å². The number of rotatable bonds is 5. The second-order valence-electron chi connectivity index (χ2n) is 6.74. The molecule has 2 aliphatic rings. The SMILES string of the molecule is COc1ccc(NC(=O)CN(C)C(=O)[C@H]2CS[C@]3(C)CCC(=O)N23)cc1. The summed E-state index contributed by atoms with van der Waals surface area (Å²) in [4.78, 5) is 40.0. The second-order valence-corrected chi connectivity index (χ2v) is 8.24. The maximum atomic E-state index is 12.8. The normalized spacial score (nSPS) is 24.3. The van der Waals surface area contributed by atoms with Crippen molar-refractivity contribution >= 4 is 35.2 Å². The summed E-state index contributed by atoms with van der Waals surface area (Å²) in [5, 5.41) is 2.76. The molecule has 2 aliphatic heterocycles. The lowest BCUT2D eigenvalue weighted by atomic mass is 10.2.